The van der Waals surface area contributed by atoms with Gasteiger partial charge in [0.2, 0.25) is 0 Å². The van der Waals surface area contributed by atoms with Crippen LogP contribution in [0.5, 0.6) is 0 Å². The molecule has 0 aliphatic carbocycles. The molecule has 0 atom stereocenters. The van der Waals surface area contributed by atoms with Gasteiger partial charge >= 0.3 is 0 Å². The van der Waals surface area contributed by atoms with Crippen molar-refractivity contribution in [2.24, 2.45) is 5.41 Å². The van der Waals surface area contributed by atoms with Crippen LogP contribution in [0, 0.1) is 5.41 Å². The number of hydrogen-bond donors (Lipinski definition) is 0. The molecule has 0 aliphatic heterocycles. The van der Waals surface area contributed by atoms with Gasteiger partial charge in [-0.1, -0.05) is 154 Å². The summed E-state index contributed by atoms with van der Waals surface area (Å²) in [6.45, 7) is 9.35. The summed E-state index contributed by atoms with van der Waals surface area (Å²) in [7, 11) is 0. The summed E-state index contributed by atoms with van der Waals surface area (Å²) in [6, 6.07) is 0. The standard InChI is InChI=1S/C38H72/c1-5-6-7-8-9-10-11-12-13-14-15-16-17-18-19-20-21-22-23-24-25-26-27-28-29-30-31-32-33-34-35-36-37-38(2,3)4/h17-18,24-25,31-32H,5-16,19-23,26-30,33-37H2,1-4H3/b18-17+,25-24+,32-31+. The van der Waals surface area contributed by atoms with Gasteiger partial charge in [0.25, 0.3) is 0 Å². The molecule has 0 fully saturated rings. The Morgan fingerprint density at radius 2 is 0.553 bits per heavy atom. The predicted octanol–water partition coefficient (Wildman–Crippen LogP) is 14.3. The molecule has 0 aromatic rings. The van der Waals surface area contributed by atoms with Crippen molar-refractivity contribution >= 4 is 0 Å². The maximum absolute atomic E-state index is 2.44. The summed E-state index contributed by atoms with van der Waals surface area (Å²) < 4.78 is 0. The smallest absolute Gasteiger partial charge is 0.0351 e. The second-order valence-corrected chi connectivity index (χ2v) is 13.2. The second-order valence-electron chi connectivity index (χ2n) is 13.2. The third kappa shape index (κ3) is 35.2. The normalized spacial score (nSPS) is 12.6. The minimum Gasteiger partial charge on any atom is -0.0885 e. The first-order valence-electron chi connectivity index (χ1n) is 17.5. The molecular weight excluding hydrogens is 456 g/mol. The van der Waals surface area contributed by atoms with Crippen LogP contribution in [0.2, 0.25) is 0 Å². The number of unbranched alkanes of at least 4 members (excludes halogenated alkanes) is 22. The number of allylic oxidation sites excluding steroid dienone is 6. The van der Waals surface area contributed by atoms with E-state index in [9.17, 15) is 0 Å². The van der Waals surface area contributed by atoms with E-state index < -0.39 is 0 Å². The minimum atomic E-state index is 0.508. The van der Waals surface area contributed by atoms with E-state index in [1.807, 2.05) is 0 Å². The first-order valence-corrected chi connectivity index (χ1v) is 17.5. The molecule has 38 heavy (non-hydrogen) atoms. The van der Waals surface area contributed by atoms with Crippen LogP contribution < -0.4 is 0 Å². The molecule has 0 amide bonds. The van der Waals surface area contributed by atoms with Gasteiger partial charge in [-0.15, -0.1) is 0 Å². The van der Waals surface area contributed by atoms with Crippen LogP contribution in [0.1, 0.15) is 201 Å². The van der Waals surface area contributed by atoms with Crippen molar-refractivity contribution in [3.05, 3.63) is 36.5 Å². The largest absolute Gasteiger partial charge is 0.0885 e. The van der Waals surface area contributed by atoms with E-state index in [0.29, 0.717) is 5.41 Å². The highest BCUT2D eigenvalue weighted by Gasteiger charge is 2.08. The van der Waals surface area contributed by atoms with Crippen molar-refractivity contribution in [3.63, 3.8) is 0 Å². The molecule has 0 radical (unpaired) electrons. The molecule has 0 aliphatic rings. The Balaban J connectivity index is 3.22. The molecule has 0 nitrogen and oxygen atoms in total. The van der Waals surface area contributed by atoms with Crippen molar-refractivity contribution in [2.75, 3.05) is 0 Å². The molecule has 0 saturated heterocycles. The zero-order valence-electron chi connectivity index (χ0n) is 27.1. The van der Waals surface area contributed by atoms with Crippen LogP contribution >= 0.6 is 0 Å². The minimum absolute atomic E-state index is 0.508. The number of hydrogen-bond acceptors (Lipinski definition) is 0. The molecule has 0 spiro atoms. The van der Waals surface area contributed by atoms with Crippen molar-refractivity contribution in [3.8, 4) is 0 Å². The average molecular weight is 529 g/mol. The molecule has 0 aromatic carbocycles. The van der Waals surface area contributed by atoms with Crippen molar-refractivity contribution in [2.45, 2.75) is 201 Å². The molecule has 0 saturated carbocycles. The van der Waals surface area contributed by atoms with E-state index in [2.05, 4.69) is 64.2 Å². The molecular formula is C38H72. The summed E-state index contributed by atoms with van der Waals surface area (Å²) in [5.74, 6) is 0. The lowest BCUT2D eigenvalue weighted by Crippen LogP contribution is -2.03. The molecule has 0 aromatic heterocycles. The van der Waals surface area contributed by atoms with Gasteiger partial charge in [-0.05, 0) is 88.9 Å². The lowest BCUT2D eigenvalue weighted by atomic mass is 9.89. The fourth-order valence-electron chi connectivity index (χ4n) is 5.13. The van der Waals surface area contributed by atoms with Gasteiger partial charge in [0.1, 0.15) is 0 Å². The Kier molecular flexibility index (Phi) is 30.1. The SMILES string of the molecule is CCCCCCCCCCCCC/C=C/CCCCC/C=C/CCCCC/C=C/CCCCCC(C)(C)C. The Bertz CT molecular complexity index is 515. The topological polar surface area (TPSA) is 0 Å². The Morgan fingerprint density at radius 3 is 0.842 bits per heavy atom. The summed E-state index contributed by atoms with van der Waals surface area (Å²) in [5, 5.41) is 0. The molecule has 0 rings (SSSR count). The molecule has 224 valence electrons. The van der Waals surface area contributed by atoms with E-state index >= 15 is 0 Å². The van der Waals surface area contributed by atoms with Gasteiger partial charge in [-0.25, -0.2) is 0 Å². The highest BCUT2D eigenvalue weighted by atomic mass is 14.1. The molecule has 0 heteroatoms. The lowest BCUT2D eigenvalue weighted by molar-refractivity contribution is 0.358. The third-order valence-electron chi connectivity index (χ3n) is 7.76. The van der Waals surface area contributed by atoms with Gasteiger partial charge in [-0.2, -0.15) is 0 Å². The van der Waals surface area contributed by atoms with Crippen molar-refractivity contribution < 1.29 is 0 Å². The zero-order chi connectivity index (χ0) is 27.8. The van der Waals surface area contributed by atoms with Gasteiger partial charge in [0, 0.05) is 0 Å². The highest BCUT2D eigenvalue weighted by molar-refractivity contribution is 4.84. The molecule has 0 N–H and O–H groups in total. The summed E-state index contributed by atoms with van der Waals surface area (Å²) in [5.41, 5.74) is 0.508. The molecule has 0 unspecified atom stereocenters. The van der Waals surface area contributed by atoms with Gasteiger partial charge < -0.3 is 0 Å². The summed E-state index contributed by atoms with van der Waals surface area (Å²) >= 11 is 0. The lowest BCUT2D eigenvalue weighted by Gasteiger charge is -2.17. The van der Waals surface area contributed by atoms with Crippen LogP contribution in [-0.2, 0) is 0 Å². The summed E-state index contributed by atoms with van der Waals surface area (Å²) in [4.78, 5) is 0. The Labute approximate surface area is 242 Å². The van der Waals surface area contributed by atoms with E-state index in [-0.39, 0.29) is 0 Å². The predicted molar refractivity (Wildman–Crippen MR) is 177 cm³/mol. The van der Waals surface area contributed by atoms with Crippen LogP contribution in [0.3, 0.4) is 0 Å². The highest BCUT2D eigenvalue weighted by Crippen LogP contribution is 2.22. The van der Waals surface area contributed by atoms with Gasteiger partial charge in [-0.3, -0.25) is 0 Å². The maximum Gasteiger partial charge on any atom is -0.0351 e. The Hall–Kier alpha value is -0.780. The quantitative estimate of drug-likeness (QED) is 0.0668. The second kappa shape index (κ2) is 30.8. The maximum atomic E-state index is 2.44. The van der Waals surface area contributed by atoms with Crippen LogP contribution in [0.25, 0.3) is 0 Å². The third-order valence-corrected chi connectivity index (χ3v) is 7.76. The Morgan fingerprint density at radius 1 is 0.316 bits per heavy atom. The van der Waals surface area contributed by atoms with E-state index in [4.69, 9.17) is 0 Å². The molecule has 0 heterocycles. The van der Waals surface area contributed by atoms with E-state index in [1.54, 1.807) is 0 Å². The van der Waals surface area contributed by atoms with E-state index in [1.165, 1.54) is 173 Å². The van der Waals surface area contributed by atoms with Crippen molar-refractivity contribution in [1.29, 1.82) is 0 Å². The average Bonchev–Trinajstić information content (AvgIpc) is 2.88. The van der Waals surface area contributed by atoms with Crippen LogP contribution in [-0.4, -0.2) is 0 Å². The fraction of sp³-hybridized carbons (Fsp3) is 0.842. The van der Waals surface area contributed by atoms with E-state index in [0.717, 1.165) is 0 Å². The van der Waals surface area contributed by atoms with Crippen LogP contribution in [0.15, 0.2) is 36.5 Å². The first-order chi connectivity index (χ1) is 18.6. The molecule has 0 bridgehead atoms. The summed E-state index contributed by atoms with van der Waals surface area (Å²) in [6.07, 6.45) is 51.9. The van der Waals surface area contributed by atoms with Gasteiger partial charge in [0.05, 0.1) is 0 Å². The number of rotatable bonds is 29. The first kappa shape index (κ1) is 37.2. The van der Waals surface area contributed by atoms with Crippen molar-refractivity contribution in [1.82, 2.24) is 0 Å². The zero-order valence-corrected chi connectivity index (χ0v) is 27.1. The monoisotopic (exact) mass is 529 g/mol. The fourth-order valence-corrected chi connectivity index (χ4v) is 5.13. The van der Waals surface area contributed by atoms with Crippen LogP contribution in [0.4, 0.5) is 0 Å². The van der Waals surface area contributed by atoms with Gasteiger partial charge in [0.15, 0.2) is 0 Å².